The van der Waals surface area contributed by atoms with Crippen molar-refractivity contribution in [2.75, 3.05) is 13.2 Å². The Labute approximate surface area is 320 Å². The van der Waals surface area contributed by atoms with Crippen LogP contribution in [0, 0.1) is 0 Å². The highest BCUT2D eigenvalue weighted by Gasteiger charge is 2.19. The molecule has 0 aromatic rings. The summed E-state index contributed by atoms with van der Waals surface area (Å²) in [5, 5.41) is 0. The molecular formula is C46H80O6. The number of carbonyl (C=O) groups is 3. The Morgan fingerprint density at radius 3 is 1.38 bits per heavy atom. The Morgan fingerprint density at radius 2 is 0.846 bits per heavy atom. The minimum Gasteiger partial charge on any atom is -0.462 e. The highest BCUT2D eigenvalue weighted by Crippen LogP contribution is 2.14. The van der Waals surface area contributed by atoms with Gasteiger partial charge in [-0.15, -0.1) is 0 Å². The Balaban J connectivity index is 4.41. The molecule has 0 spiro atoms. The van der Waals surface area contributed by atoms with Crippen molar-refractivity contribution in [3.8, 4) is 0 Å². The van der Waals surface area contributed by atoms with E-state index >= 15 is 0 Å². The Bertz CT molecular complexity index is 933. The Morgan fingerprint density at radius 1 is 0.423 bits per heavy atom. The molecule has 300 valence electrons. The molecule has 0 rings (SSSR count). The lowest BCUT2D eigenvalue weighted by Gasteiger charge is -2.18. The third kappa shape index (κ3) is 38.6. The van der Waals surface area contributed by atoms with Crippen LogP contribution >= 0.6 is 0 Å². The van der Waals surface area contributed by atoms with Gasteiger partial charge >= 0.3 is 17.9 Å². The van der Waals surface area contributed by atoms with E-state index in [-0.39, 0.29) is 31.6 Å². The predicted molar refractivity (Wildman–Crippen MR) is 219 cm³/mol. The second-order valence-corrected chi connectivity index (χ2v) is 14.2. The number of esters is 3. The van der Waals surface area contributed by atoms with Gasteiger partial charge in [0.2, 0.25) is 0 Å². The first kappa shape index (κ1) is 49.4. The summed E-state index contributed by atoms with van der Waals surface area (Å²) in [5.41, 5.74) is 0. The van der Waals surface area contributed by atoms with Crippen LogP contribution in [0.2, 0.25) is 0 Å². The Hall–Kier alpha value is -2.63. The van der Waals surface area contributed by atoms with E-state index in [9.17, 15) is 14.4 Å². The summed E-state index contributed by atoms with van der Waals surface area (Å²) in [4.78, 5) is 37.5. The van der Waals surface area contributed by atoms with Crippen LogP contribution in [0.15, 0.2) is 48.6 Å². The van der Waals surface area contributed by atoms with Crippen LogP contribution in [-0.4, -0.2) is 37.2 Å². The van der Waals surface area contributed by atoms with Crippen LogP contribution < -0.4 is 0 Å². The fourth-order valence-electron chi connectivity index (χ4n) is 5.84. The van der Waals surface area contributed by atoms with Gasteiger partial charge in [0.1, 0.15) is 13.2 Å². The van der Waals surface area contributed by atoms with Gasteiger partial charge in [0.05, 0.1) is 6.42 Å². The van der Waals surface area contributed by atoms with Crippen LogP contribution in [0.4, 0.5) is 0 Å². The molecule has 0 heterocycles. The molecule has 0 saturated carbocycles. The second-order valence-electron chi connectivity index (χ2n) is 14.2. The molecule has 1 unspecified atom stereocenters. The van der Waals surface area contributed by atoms with E-state index in [1.165, 1.54) is 96.3 Å². The number of allylic oxidation sites excluding steroid dienone is 7. The van der Waals surface area contributed by atoms with Crippen molar-refractivity contribution in [2.45, 2.75) is 213 Å². The van der Waals surface area contributed by atoms with Crippen LogP contribution in [0.1, 0.15) is 207 Å². The summed E-state index contributed by atoms with van der Waals surface area (Å²) in [7, 11) is 0. The molecule has 52 heavy (non-hydrogen) atoms. The molecule has 0 N–H and O–H groups in total. The summed E-state index contributed by atoms with van der Waals surface area (Å²) in [6, 6.07) is 0. The van der Waals surface area contributed by atoms with Crippen molar-refractivity contribution in [2.24, 2.45) is 0 Å². The van der Waals surface area contributed by atoms with Gasteiger partial charge in [0, 0.05) is 12.8 Å². The molecule has 0 fully saturated rings. The maximum Gasteiger partial charge on any atom is 0.309 e. The lowest BCUT2D eigenvalue weighted by Crippen LogP contribution is -2.30. The average molecular weight is 729 g/mol. The molecule has 0 bridgehead atoms. The van der Waals surface area contributed by atoms with Crippen LogP contribution in [0.3, 0.4) is 0 Å². The topological polar surface area (TPSA) is 78.9 Å². The van der Waals surface area contributed by atoms with Crippen molar-refractivity contribution in [3.05, 3.63) is 48.6 Å². The monoisotopic (exact) mass is 729 g/mol. The maximum atomic E-state index is 12.6. The normalized spacial score (nSPS) is 12.4. The fraction of sp³-hybridized carbons (Fsp3) is 0.761. The number of hydrogen-bond acceptors (Lipinski definition) is 6. The molecular weight excluding hydrogens is 649 g/mol. The summed E-state index contributed by atoms with van der Waals surface area (Å²) in [6.45, 7) is 6.36. The van der Waals surface area contributed by atoms with Gasteiger partial charge in [-0.2, -0.15) is 0 Å². The zero-order chi connectivity index (χ0) is 38.0. The SMILES string of the molecule is CC/C=C\C/C=C\C/C=C\CC(=O)OCC(COC(=O)CCCCCCCCCCCCCCCC)OC(=O)CCCCCCC/C=C\CCCC. The van der Waals surface area contributed by atoms with Crippen molar-refractivity contribution in [1.82, 2.24) is 0 Å². The second kappa shape index (κ2) is 41.1. The largest absolute Gasteiger partial charge is 0.462 e. The van der Waals surface area contributed by atoms with Gasteiger partial charge in [0.15, 0.2) is 6.10 Å². The molecule has 0 aromatic heterocycles. The summed E-state index contributed by atoms with van der Waals surface area (Å²) in [5.74, 6) is -1.04. The van der Waals surface area contributed by atoms with E-state index in [0.29, 0.717) is 12.8 Å². The number of carbonyl (C=O) groups excluding carboxylic acids is 3. The van der Waals surface area contributed by atoms with Gasteiger partial charge < -0.3 is 14.2 Å². The smallest absolute Gasteiger partial charge is 0.309 e. The molecule has 0 aromatic carbocycles. The number of unbranched alkanes of at least 4 members (excludes halogenated alkanes) is 20. The van der Waals surface area contributed by atoms with E-state index in [4.69, 9.17) is 14.2 Å². The fourth-order valence-corrected chi connectivity index (χ4v) is 5.84. The van der Waals surface area contributed by atoms with Gasteiger partial charge in [0.25, 0.3) is 0 Å². The first-order valence-electron chi connectivity index (χ1n) is 21.6. The molecule has 0 saturated heterocycles. The van der Waals surface area contributed by atoms with E-state index in [1.807, 2.05) is 6.08 Å². The molecule has 0 radical (unpaired) electrons. The molecule has 6 heteroatoms. The molecule has 6 nitrogen and oxygen atoms in total. The predicted octanol–water partition coefficient (Wildman–Crippen LogP) is 13.6. The molecule has 0 amide bonds. The van der Waals surface area contributed by atoms with Crippen LogP contribution in [0.5, 0.6) is 0 Å². The van der Waals surface area contributed by atoms with Gasteiger partial charge in [-0.25, -0.2) is 0 Å². The van der Waals surface area contributed by atoms with Gasteiger partial charge in [-0.3, -0.25) is 14.4 Å². The third-order valence-electron chi connectivity index (χ3n) is 9.10. The molecule has 0 aliphatic heterocycles. The van der Waals surface area contributed by atoms with Crippen LogP contribution in [0.25, 0.3) is 0 Å². The zero-order valence-corrected chi connectivity index (χ0v) is 34.1. The molecule has 0 aliphatic rings. The first-order valence-corrected chi connectivity index (χ1v) is 21.6. The van der Waals surface area contributed by atoms with Gasteiger partial charge in [-0.1, -0.05) is 185 Å². The molecule has 0 aliphatic carbocycles. The van der Waals surface area contributed by atoms with Crippen molar-refractivity contribution >= 4 is 17.9 Å². The highest BCUT2D eigenvalue weighted by atomic mass is 16.6. The first-order chi connectivity index (χ1) is 25.5. The lowest BCUT2D eigenvalue weighted by molar-refractivity contribution is -0.166. The number of rotatable bonds is 38. The van der Waals surface area contributed by atoms with E-state index in [1.54, 1.807) is 6.08 Å². The van der Waals surface area contributed by atoms with Crippen molar-refractivity contribution in [1.29, 1.82) is 0 Å². The minimum absolute atomic E-state index is 0.102. The third-order valence-corrected chi connectivity index (χ3v) is 9.10. The number of ether oxygens (including phenoxy) is 3. The minimum atomic E-state index is -0.806. The maximum absolute atomic E-state index is 12.6. The lowest BCUT2D eigenvalue weighted by atomic mass is 10.0. The summed E-state index contributed by atoms with van der Waals surface area (Å²) in [6.07, 6.45) is 47.0. The number of hydrogen-bond donors (Lipinski definition) is 0. The molecule has 1 atom stereocenters. The van der Waals surface area contributed by atoms with Crippen LogP contribution in [-0.2, 0) is 28.6 Å². The summed E-state index contributed by atoms with van der Waals surface area (Å²) < 4.78 is 16.5. The zero-order valence-electron chi connectivity index (χ0n) is 34.1. The van der Waals surface area contributed by atoms with E-state index in [2.05, 4.69) is 57.2 Å². The average Bonchev–Trinajstić information content (AvgIpc) is 3.14. The van der Waals surface area contributed by atoms with Crippen molar-refractivity contribution in [3.63, 3.8) is 0 Å². The highest BCUT2D eigenvalue weighted by molar-refractivity contribution is 5.72. The van der Waals surface area contributed by atoms with E-state index in [0.717, 1.165) is 70.6 Å². The van der Waals surface area contributed by atoms with Gasteiger partial charge in [-0.05, 0) is 51.4 Å². The van der Waals surface area contributed by atoms with E-state index < -0.39 is 12.1 Å². The standard InChI is InChI=1S/C46H80O6/c1-4-7-10-13-16-19-21-22-23-25-27-30-33-36-39-45(48)51-42-43(41-50-44(47)38-35-32-29-26-18-15-12-9-6-3)52-46(49)40-37-34-31-28-24-20-17-14-11-8-5-2/h9,12,14,17-18,26,32,35,43H,4-8,10-11,13,15-16,19-25,27-31,33-34,36-42H2,1-3H3/b12-9-,17-14-,26-18-,35-32-. The summed E-state index contributed by atoms with van der Waals surface area (Å²) >= 11 is 0. The van der Waals surface area contributed by atoms with Crippen molar-refractivity contribution < 1.29 is 28.6 Å². The Kier molecular flexibility index (Phi) is 39.1. The quantitative estimate of drug-likeness (QED) is 0.0272.